The van der Waals surface area contributed by atoms with Crippen LogP contribution in [0.15, 0.2) is 43.2 Å². The van der Waals surface area contributed by atoms with E-state index in [2.05, 4.69) is 0 Å². The highest BCUT2D eigenvalue weighted by molar-refractivity contribution is 7.85. The van der Waals surface area contributed by atoms with E-state index in [-0.39, 0.29) is 25.7 Å². The number of hydrogen-bond acceptors (Lipinski definition) is 2. The highest BCUT2D eigenvalue weighted by Crippen LogP contribution is 2.88. The molecule has 0 amide bonds. The summed E-state index contributed by atoms with van der Waals surface area (Å²) in [6, 6.07) is 3.85. The van der Waals surface area contributed by atoms with E-state index in [1.165, 1.54) is 18.2 Å². The van der Waals surface area contributed by atoms with E-state index >= 15 is 0 Å². The van der Waals surface area contributed by atoms with Gasteiger partial charge < -0.3 is 0 Å². The Morgan fingerprint density at radius 2 is 0.972 bits per heavy atom. The number of benzene rings is 1. The minimum Gasteiger partial charge on any atom is -0.282 e. The number of halogens is 12. The van der Waals surface area contributed by atoms with Crippen molar-refractivity contribution in [2.75, 3.05) is 0 Å². The molecule has 8 atom stereocenters. The summed E-state index contributed by atoms with van der Waals surface area (Å²) in [5.74, 6) is -3.79. The van der Waals surface area contributed by atoms with Crippen LogP contribution < -0.4 is 0 Å². The van der Waals surface area contributed by atoms with Gasteiger partial charge in [-0.25, -0.2) is 0 Å². The fourth-order valence-corrected chi connectivity index (χ4v) is 13.6. The Balaban J connectivity index is 1.80. The lowest BCUT2D eigenvalue weighted by atomic mass is 9.57. The molecular weight excluding hydrogens is 746 g/mol. The second-order valence-electron chi connectivity index (χ2n) is 9.52. The van der Waals surface area contributed by atoms with Crippen LogP contribution in [0.1, 0.15) is 23.0 Å². The van der Waals surface area contributed by atoms with E-state index in [9.17, 15) is 13.0 Å². The quantitative estimate of drug-likeness (QED) is 0.230. The molecule has 5 aliphatic carbocycles. The second kappa shape index (κ2) is 7.53. The molecule has 16 heteroatoms. The molecule has 0 aromatic heterocycles. The summed E-state index contributed by atoms with van der Waals surface area (Å²) in [6.45, 7) is 0. The van der Waals surface area contributed by atoms with Crippen LogP contribution in [0, 0.1) is 11.8 Å². The van der Waals surface area contributed by atoms with Crippen LogP contribution >= 0.6 is 139 Å². The van der Waals surface area contributed by atoms with E-state index < -0.39 is 66.8 Å². The molecule has 2 fully saturated rings. The van der Waals surface area contributed by atoms with Crippen molar-refractivity contribution in [1.29, 1.82) is 0 Å². The van der Waals surface area contributed by atoms with Gasteiger partial charge in [0.15, 0.2) is 8.67 Å². The van der Waals surface area contributed by atoms with Crippen molar-refractivity contribution >= 4 is 149 Å². The molecule has 3 nitrogen and oxygen atoms in total. The van der Waals surface area contributed by atoms with E-state index in [4.69, 9.17) is 139 Å². The number of alkyl halides is 8. The smallest absolute Gasteiger partial charge is 0.282 e. The normalized spacial score (nSPS) is 47.4. The minimum atomic E-state index is -4.65. The third kappa shape index (κ3) is 2.51. The summed E-state index contributed by atoms with van der Waals surface area (Å²) in [5, 5.41) is -0.404. The first-order chi connectivity index (χ1) is 16.2. The summed E-state index contributed by atoms with van der Waals surface area (Å²) in [4.78, 5) is -7.73. The first kappa shape index (κ1) is 28.2. The molecule has 0 spiro atoms. The number of hydrogen-bond donors (Lipinski definition) is 1. The molecule has 36 heavy (non-hydrogen) atoms. The van der Waals surface area contributed by atoms with Crippen LogP contribution in [0.2, 0.25) is 0 Å². The summed E-state index contributed by atoms with van der Waals surface area (Å²) in [6.07, 6.45) is 0. The first-order valence-electron chi connectivity index (χ1n) is 9.96. The summed E-state index contributed by atoms with van der Waals surface area (Å²) < 4.78 is 29.9. The average molecular weight is 754 g/mol. The topological polar surface area (TPSA) is 54.4 Å². The third-order valence-electron chi connectivity index (χ3n) is 8.40. The van der Waals surface area contributed by atoms with E-state index in [0.717, 1.165) is 0 Å². The molecule has 1 N–H and O–H groups in total. The highest BCUT2D eigenvalue weighted by Gasteiger charge is 2.91. The van der Waals surface area contributed by atoms with Crippen molar-refractivity contribution < 1.29 is 13.0 Å². The van der Waals surface area contributed by atoms with Gasteiger partial charge in [-0.2, -0.15) is 8.42 Å². The van der Waals surface area contributed by atoms with Crippen molar-refractivity contribution in [2.45, 2.75) is 44.9 Å². The molecule has 0 unspecified atom stereocenters. The summed E-state index contributed by atoms with van der Waals surface area (Å²) >= 11 is 82.8. The molecule has 4 bridgehead atoms. The van der Waals surface area contributed by atoms with Gasteiger partial charge in [0.05, 0.1) is 25.0 Å². The third-order valence-corrected chi connectivity index (χ3v) is 17.8. The van der Waals surface area contributed by atoms with Crippen molar-refractivity contribution in [2.24, 2.45) is 11.8 Å². The standard InChI is InChI=1S/C20H8Cl12O3S/c21-11-13(23)17(27)9-7(15(11,25)19(17,29)30)5-2-1-4(36(33,34)35)3-6(5)8-10(9)18(28)14(24)12(22)16(8,26)20(18,31)32/h1-3,7-10H,(H,33,34,35)/t7-,8+,9+,10+,15+,16+,17+,18+/m0/s1. The fraction of sp³-hybridized carbons (Fsp3) is 0.500. The molecule has 0 heterocycles. The molecule has 196 valence electrons. The lowest BCUT2D eigenvalue weighted by Crippen LogP contribution is -2.53. The van der Waals surface area contributed by atoms with Gasteiger partial charge in [0.25, 0.3) is 10.1 Å². The van der Waals surface area contributed by atoms with Gasteiger partial charge in [0.1, 0.15) is 19.5 Å². The van der Waals surface area contributed by atoms with Gasteiger partial charge in [-0.1, -0.05) is 98.9 Å². The van der Waals surface area contributed by atoms with Crippen molar-refractivity contribution in [3.63, 3.8) is 0 Å². The monoisotopic (exact) mass is 748 g/mol. The van der Waals surface area contributed by atoms with Gasteiger partial charge >= 0.3 is 0 Å². The second-order valence-corrected chi connectivity index (χ2v) is 17.5. The molecule has 0 radical (unpaired) electrons. The molecule has 0 saturated heterocycles. The fourth-order valence-electron chi connectivity index (χ4n) is 7.04. The molecule has 2 saturated carbocycles. The van der Waals surface area contributed by atoms with Crippen LogP contribution in [0.3, 0.4) is 0 Å². The highest BCUT2D eigenvalue weighted by atomic mass is 35.5. The zero-order valence-corrected chi connectivity index (χ0v) is 26.6. The lowest BCUT2D eigenvalue weighted by Gasteiger charge is -2.52. The average Bonchev–Trinajstić information content (AvgIpc) is 3.12. The zero-order chi connectivity index (χ0) is 27.0. The van der Waals surface area contributed by atoms with E-state index in [0.29, 0.717) is 5.56 Å². The van der Waals surface area contributed by atoms with Gasteiger partial charge in [-0.05, 0) is 23.3 Å². The molecule has 6 rings (SSSR count). The van der Waals surface area contributed by atoms with E-state index in [1.807, 2.05) is 0 Å². The Labute approximate surface area is 265 Å². The van der Waals surface area contributed by atoms with Gasteiger partial charge in [0.2, 0.25) is 0 Å². The maximum absolute atomic E-state index is 12.1. The van der Waals surface area contributed by atoms with E-state index in [1.54, 1.807) is 0 Å². The predicted molar refractivity (Wildman–Crippen MR) is 149 cm³/mol. The Bertz CT molecular complexity index is 1470. The minimum absolute atomic E-state index is 0.0783. The molecule has 1 aromatic rings. The van der Waals surface area contributed by atoms with Gasteiger partial charge in [-0.3, -0.25) is 4.55 Å². The maximum Gasteiger partial charge on any atom is 0.294 e. The van der Waals surface area contributed by atoms with Crippen LogP contribution in [0.25, 0.3) is 0 Å². The number of allylic oxidation sites excluding steroid dienone is 4. The van der Waals surface area contributed by atoms with Crippen molar-refractivity contribution in [3.05, 3.63) is 49.5 Å². The molecule has 1 aromatic carbocycles. The van der Waals surface area contributed by atoms with Gasteiger partial charge in [-0.15, -0.1) is 46.4 Å². The largest absolute Gasteiger partial charge is 0.294 e. The number of rotatable bonds is 1. The molecule has 0 aliphatic heterocycles. The Hall–Kier alpha value is 2.09. The lowest BCUT2D eigenvalue weighted by molar-refractivity contribution is 0.201. The van der Waals surface area contributed by atoms with Crippen LogP contribution in [-0.2, 0) is 10.1 Å². The summed E-state index contributed by atoms with van der Waals surface area (Å²) in [7, 11) is -4.65. The predicted octanol–water partition coefficient (Wildman–Crippen LogP) is 9.04. The first-order valence-corrected chi connectivity index (χ1v) is 15.9. The van der Waals surface area contributed by atoms with Gasteiger partial charge in [0, 0.05) is 23.7 Å². The van der Waals surface area contributed by atoms with Crippen LogP contribution in [0.5, 0.6) is 0 Å². The van der Waals surface area contributed by atoms with Crippen LogP contribution in [0.4, 0.5) is 0 Å². The Morgan fingerprint density at radius 3 is 1.36 bits per heavy atom. The molecular formula is C20H8Cl12O3S. The zero-order valence-electron chi connectivity index (χ0n) is 16.7. The maximum atomic E-state index is 12.1. The Kier molecular flexibility index (Phi) is 5.90. The summed E-state index contributed by atoms with van der Waals surface area (Å²) in [5.41, 5.74) is 0.705. The Morgan fingerprint density at radius 1 is 0.611 bits per heavy atom. The van der Waals surface area contributed by atoms with Crippen molar-refractivity contribution in [3.8, 4) is 0 Å². The van der Waals surface area contributed by atoms with Crippen molar-refractivity contribution in [1.82, 2.24) is 0 Å². The van der Waals surface area contributed by atoms with Crippen LogP contribution in [-0.4, -0.2) is 41.1 Å². The SMILES string of the molecule is O=S(=O)(O)c1ccc2c(c1)[C@@H]1[C@H]([C@H]3[C@H]2[C@@]2(Cl)C(Cl)=C(Cl)[C@@]3(Cl)C2(Cl)Cl)[C@@]2(Cl)C(Cl)=C(Cl)[C@@]1(Cl)C2(Cl)Cl. The molecule has 5 aliphatic rings. The number of fused-ring (bicyclic) bond motifs is 14.